The number of aromatic nitrogens is 1. The van der Waals surface area contributed by atoms with Gasteiger partial charge in [-0.05, 0) is 56.0 Å². The molecule has 154 valence electrons. The maximum Gasteiger partial charge on any atom is 0.256 e. The van der Waals surface area contributed by atoms with Gasteiger partial charge in [0, 0.05) is 24.2 Å². The molecule has 0 spiro atoms. The molecule has 1 aromatic carbocycles. The van der Waals surface area contributed by atoms with Crippen molar-refractivity contribution in [2.45, 2.75) is 46.3 Å². The van der Waals surface area contributed by atoms with E-state index >= 15 is 0 Å². The van der Waals surface area contributed by atoms with Crippen LogP contribution in [0, 0.1) is 20.8 Å². The van der Waals surface area contributed by atoms with Crippen LogP contribution in [0.2, 0.25) is 5.02 Å². The first-order valence-electron chi connectivity index (χ1n) is 9.90. The third-order valence-electron chi connectivity index (χ3n) is 5.72. The molecule has 0 radical (unpaired) electrons. The third-order valence-corrected chi connectivity index (χ3v) is 6.09. The van der Waals surface area contributed by atoms with Gasteiger partial charge >= 0.3 is 0 Å². The Labute approximate surface area is 174 Å². The largest absolute Gasteiger partial charge is 0.486 e. The molecule has 1 aromatic heterocycles. The van der Waals surface area contributed by atoms with E-state index in [2.05, 4.69) is 4.98 Å². The lowest BCUT2D eigenvalue weighted by molar-refractivity contribution is 0.0724. The van der Waals surface area contributed by atoms with Crippen LogP contribution >= 0.6 is 11.6 Å². The number of halogens is 1. The van der Waals surface area contributed by atoms with Crippen LogP contribution in [0.15, 0.2) is 16.9 Å². The van der Waals surface area contributed by atoms with Gasteiger partial charge in [0.05, 0.1) is 30.3 Å². The van der Waals surface area contributed by atoms with E-state index in [1.807, 2.05) is 32.9 Å². The smallest absolute Gasteiger partial charge is 0.256 e. The number of carbonyl (C=O) groups excluding carboxylic acids is 1. The van der Waals surface area contributed by atoms with E-state index < -0.39 is 0 Å². The van der Waals surface area contributed by atoms with Crippen LogP contribution in [0.5, 0.6) is 5.75 Å². The minimum absolute atomic E-state index is 0.0477. The summed E-state index contributed by atoms with van der Waals surface area (Å²) in [5, 5.41) is 0.349. The summed E-state index contributed by atoms with van der Waals surface area (Å²) in [7, 11) is 0. The lowest BCUT2D eigenvalue weighted by Gasteiger charge is -2.31. The molecule has 0 bridgehead atoms. The van der Waals surface area contributed by atoms with Gasteiger partial charge in [-0.15, -0.1) is 0 Å². The van der Waals surface area contributed by atoms with Gasteiger partial charge in [-0.2, -0.15) is 0 Å². The molecule has 7 heteroatoms. The zero-order valence-electron chi connectivity index (χ0n) is 16.9. The van der Waals surface area contributed by atoms with Crippen molar-refractivity contribution in [2.24, 2.45) is 0 Å². The monoisotopic (exact) mass is 416 g/mol. The number of fused-ring (bicyclic) bond motifs is 1. The lowest BCUT2D eigenvalue weighted by Crippen LogP contribution is -2.39. The summed E-state index contributed by atoms with van der Waals surface area (Å²) in [4.78, 5) is 30.2. The predicted molar refractivity (Wildman–Crippen MR) is 111 cm³/mol. The average molecular weight is 417 g/mol. The number of carbonyl (C=O) groups is 1. The highest BCUT2D eigenvalue weighted by molar-refractivity contribution is 6.35. The topological polar surface area (TPSA) is 71.6 Å². The van der Waals surface area contributed by atoms with Crippen molar-refractivity contribution in [2.75, 3.05) is 19.8 Å². The summed E-state index contributed by atoms with van der Waals surface area (Å²) in [6, 6.07) is 3.84. The van der Waals surface area contributed by atoms with Crippen LogP contribution in [0.4, 0.5) is 0 Å². The zero-order chi connectivity index (χ0) is 20.7. The second-order valence-corrected chi connectivity index (χ2v) is 8.26. The molecule has 3 heterocycles. The minimum atomic E-state index is -0.160. The van der Waals surface area contributed by atoms with E-state index in [9.17, 15) is 9.59 Å². The molecule has 0 saturated carbocycles. The van der Waals surface area contributed by atoms with E-state index in [1.54, 1.807) is 4.90 Å². The van der Waals surface area contributed by atoms with Gasteiger partial charge in [-0.25, -0.2) is 0 Å². The quantitative estimate of drug-likeness (QED) is 0.829. The maximum atomic E-state index is 13.3. The molecular formula is C22H25ClN2O4. The molecule has 1 fully saturated rings. The highest BCUT2D eigenvalue weighted by Crippen LogP contribution is 2.37. The first-order valence-corrected chi connectivity index (χ1v) is 10.3. The molecule has 1 atom stereocenters. The Morgan fingerprint density at radius 2 is 2.03 bits per heavy atom. The average Bonchev–Trinajstić information content (AvgIpc) is 3.16. The van der Waals surface area contributed by atoms with Crippen molar-refractivity contribution < 1.29 is 14.3 Å². The summed E-state index contributed by atoms with van der Waals surface area (Å²) >= 11 is 6.64. The molecule has 1 N–H and O–H groups in total. The standard InChI is InChI=1S/C22H25ClN2O4/c1-12-8-14(3)24-21(26)17(12)10-25-6-4-16-13(2)9-18(20(23)19(16)22(25)27)29-15-5-7-28-11-15/h8-9,15H,4-7,10-11H2,1-3H3,(H,24,26). The van der Waals surface area contributed by atoms with Gasteiger partial charge in [0.1, 0.15) is 11.9 Å². The molecular weight excluding hydrogens is 392 g/mol. The van der Waals surface area contributed by atoms with Gasteiger partial charge in [-0.3, -0.25) is 9.59 Å². The van der Waals surface area contributed by atoms with Crippen LogP contribution in [0.3, 0.4) is 0 Å². The van der Waals surface area contributed by atoms with E-state index in [1.165, 1.54) is 0 Å². The normalized spacial score (nSPS) is 18.8. The number of hydrogen-bond donors (Lipinski definition) is 1. The zero-order valence-corrected chi connectivity index (χ0v) is 17.7. The predicted octanol–water partition coefficient (Wildman–Crippen LogP) is 3.32. The Bertz CT molecular complexity index is 1020. The number of rotatable bonds is 4. The molecule has 6 nitrogen and oxygen atoms in total. The Morgan fingerprint density at radius 3 is 2.72 bits per heavy atom. The molecule has 2 aliphatic heterocycles. The highest BCUT2D eigenvalue weighted by Gasteiger charge is 2.31. The molecule has 0 aliphatic carbocycles. The van der Waals surface area contributed by atoms with Crippen LogP contribution in [0.1, 0.15) is 44.7 Å². The molecule has 2 aromatic rings. The summed E-state index contributed by atoms with van der Waals surface area (Å²) in [5.41, 5.74) is 4.59. The summed E-state index contributed by atoms with van der Waals surface area (Å²) < 4.78 is 11.4. The van der Waals surface area contributed by atoms with Crippen molar-refractivity contribution in [3.05, 3.63) is 61.0 Å². The second kappa shape index (κ2) is 7.84. The van der Waals surface area contributed by atoms with E-state index in [4.69, 9.17) is 21.1 Å². The van der Waals surface area contributed by atoms with Gasteiger partial charge in [-0.1, -0.05) is 11.6 Å². The van der Waals surface area contributed by atoms with E-state index in [0.29, 0.717) is 48.1 Å². The number of nitrogens with zero attached hydrogens (tertiary/aromatic N) is 1. The van der Waals surface area contributed by atoms with Crippen molar-refractivity contribution in [1.82, 2.24) is 9.88 Å². The fraction of sp³-hybridized carbons (Fsp3) is 0.455. The number of pyridine rings is 1. The summed E-state index contributed by atoms with van der Waals surface area (Å²) in [5.74, 6) is 0.366. The molecule has 1 amide bonds. The Morgan fingerprint density at radius 1 is 1.24 bits per heavy atom. The van der Waals surface area contributed by atoms with Gasteiger partial charge in [0.25, 0.3) is 11.5 Å². The van der Waals surface area contributed by atoms with Crippen molar-refractivity contribution in [1.29, 1.82) is 0 Å². The van der Waals surface area contributed by atoms with Crippen LogP contribution in [-0.4, -0.2) is 41.7 Å². The summed E-state index contributed by atoms with van der Waals surface area (Å²) in [6.07, 6.45) is 1.46. The number of nitrogens with one attached hydrogen (secondary N) is 1. The maximum absolute atomic E-state index is 13.3. The van der Waals surface area contributed by atoms with Crippen LogP contribution < -0.4 is 10.3 Å². The van der Waals surface area contributed by atoms with Crippen molar-refractivity contribution in [3.8, 4) is 5.75 Å². The van der Waals surface area contributed by atoms with E-state index in [-0.39, 0.29) is 24.1 Å². The number of H-pyrrole nitrogens is 1. The first kappa shape index (κ1) is 20.0. The number of hydrogen-bond acceptors (Lipinski definition) is 4. The molecule has 2 aliphatic rings. The van der Waals surface area contributed by atoms with Gasteiger partial charge < -0.3 is 19.4 Å². The van der Waals surface area contributed by atoms with Crippen molar-refractivity contribution in [3.63, 3.8) is 0 Å². The molecule has 1 unspecified atom stereocenters. The number of aromatic amines is 1. The Kier molecular flexibility index (Phi) is 5.40. The summed E-state index contributed by atoms with van der Waals surface area (Å²) in [6.45, 7) is 7.73. The fourth-order valence-corrected chi connectivity index (χ4v) is 4.44. The second-order valence-electron chi connectivity index (χ2n) is 7.88. The molecule has 29 heavy (non-hydrogen) atoms. The van der Waals surface area contributed by atoms with E-state index in [0.717, 1.165) is 28.8 Å². The number of amides is 1. The number of benzene rings is 1. The van der Waals surface area contributed by atoms with Crippen LogP contribution in [-0.2, 0) is 17.7 Å². The Balaban J connectivity index is 1.66. The van der Waals surface area contributed by atoms with Gasteiger partial charge in [0.15, 0.2) is 0 Å². The molecule has 4 rings (SSSR count). The lowest BCUT2D eigenvalue weighted by atomic mass is 9.93. The fourth-order valence-electron chi connectivity index (χ4n) is 4.14. The van der Waals surface area contributed by atoms with Crippen LogP contribution in [0.25, 0.3) is 0 Å². The number of aryl methyl sites for hydroxylation is 3. The SMILES string of the molecule is Cc1cc(C)c(CN2CCc3c(C)cc(OC4CCOC4)c(Cl)c3C2=O)c(=O)[nH]1. The number of ether oxygens (including phenoxy) is 2. The third kappa shape index (κ3) is 3.79. The van der Waals surface area contributed by atoms with Gasteiger partial charge in [0.2, 0.25) is 0 Å². The minimum Gasteiger partial charge on any atom is -0.486 e. The first-order chi connectivity index (χ1) is 13.8. The highest BCUT2D eigenvalue weighted by atomic mass is 35.5. The molecule has 1 saturated heterocycles. The van der Waals surface area contributed by atoms with Crippen molar-refractivity contribution >= 4 is 17.5 Å². The Hall–Kier alpha value is -2.31.